The number of fused-ring (bicyclic) bond motifs is 1. The van der Waals surface area contributed by atoms with Gasteiger partial charge in [0.1, 0.15) is 6.10 Å². The van der Waals surface area contributed by atoms with E-state index < -0.39 is 30.7 Å². The lowest BCUT2D eigenvalue weighted by atomic mass is 9.65. The molecular formula is C23H36O7. The highest BCUT2D eigenvalue weighted by atomic mass is 16.5. The summed E-state index contributed by atoms with van der Waals surface area (Å²) < 4.78 is 5.86. The van der Waals surface area contributed by atoms with E-state index in [1.165, 1.54) is 0 Å². The van der Waals surface area contributed by atoms with Crippen LogP contribution in [0.2, 0.25) is 0 Å². The van der Waals surface area contributed by atoms with E-state index in [0.29, 0.717) is 25.7 Å². The van der Waals surface area contributed by atoms with Crippen molar-refractivity contribution >= 4 is 11.9 Å². The van der Waals surface area contributed by atoms with Crippen molar-refractivity contribution in [2.45, 2.75) is 83.7 Å². The molecule has 2 aliphatic rings. The number of allylic oxidation sites excluding steroid dienone is 1. The SMILES string of the molecule is CC[C@@H](C)C(=O)O[C@H]1CC=CC2=C[C@@H](O)[C@H](C)[C@H](CC[C@H](O)C[C@@H](O)CC(=O)O)[C@H]21. The van der Waals surface area contributed by atoms with E-state index in [-0.39, 0.29) is 42.2 Å². The first kappa shape index (κ1) is 24.6. The number of rotatable bonds is 10. The number of ether oxygens (including phenoxy) is 1. The van der Waals surface area contributed by atoms with Gasteiger partial charge in [-0.2, -0.15) is 0 Å². The minimum absolute atomic E-state index is 0.00432. The first-order chi connectivity index (χ1) is 14.1. The van der Waals surface area contributed by atoms with Crippen LogP contribution in [-0.4, -0.2) is 56.8 Å². The number of aliphatic hydroxyl groups is 3. The van der Waals surface area contributed by atoms with Crippen molar-refractivity contribution in [2.75, 3.05) is 0 Å². The average Bonchev–Trinajstić information content (AvgIpc) is 2.67. The Morgan fingerprint density at radius 2 is 1.97 bits per heavy atom. The van der Waals surface area contributed by atoms with Gasteiger partial charge in [0.2, 0.25) is 0 Å². The molecule has 0 radical (unpaired) electrons. The molecule has 7 nitrogen and oxygen atoms in total. The van der Waals surface area contributed by atoms with E-state index >= 15 is 0 Å². The van der Waals surface area contributed by atoms with Crippen LogP contribution in [0.15, 0.2) is 23.8 Å². The number of carbonyl (C=O) groups excluding carboxylic acids is 1. The molecule has 4 N–H and O–H groups in total. The number of aliphatic hydroxyl groups excluding tert-OH is 3. The molecule has 0 unspecified atom stereocenters. The molecule has 170 valence electrons. The molecule has 2 rings (SSSR count). The summed E-state index contributed by atoms with van der Waals surface area (Å²) in [4.78, 5) is 23.1. The minimum atomic E-state index is -1.10. The molecule has 0 aromatic rings. The Labute approximate surface area is 178 Å². The van der Waals surface area contributed by atoms with Crippen LogP contribution in [-0.2, 0) is 14.3 Å². The largest absolute Gasteiger partial charge is 0.481 e. The second-order valence-electron chi connectivity index (χ2n) is 8.85. The van der Waals surface area contributed by atoms with Crippen molar-refractivity contribution in [3.05, 3.63) is 23.8 Å². The van der Waals surface area contributed by atoms with Gasteiger partial charge in [-0.05, 0) is 43.1 Å². The summed E-state index contributed by atoms with van der Waals surface area (Å²) in [6.07, 6.45) is 4.79. The fourth-order valence-electron chi connectivity index (χ4n) is 4.53. The number of aliphatic carboxylic acids is 1. The van der Waals surface area contributed by atoms with Gasteiger partial charge >= 0.3 is 11.9 Å². The van der Waals surface area contributed by atoms with Crippen LogP contribution in [0, 0.1) is 23.7 Å². The molecule has 0 aromatic heterocycles. The van der Waals surface area contributed by atoms with Gasteiger partial charge in [-0.1, -0.05) is 39.0 Å². The first-order valence-electron chi connectivity index (χ1n) is 11.0. The van der Waals surface area contributed by atoms with Crippen molar-refractivity contribution < 1.29 is 34.8 Å². The van der Waals surface area contributed by atoms with E-state index in [1.54, 1.807) is 0 Å². The van der Waals surface area contributed by atoms with Gasteiger partial charge in [0, 0.05) is 12.3 Å². The Bertz CT molecular complexity index is 656. The van der Waals surface area contributed by atoms with Gasteiger partial charge in [-0.15, -0.1) is 0 Å². The first-order valence-corrected chi connectivity index (χ1v) is 11.0. The number of hydrogen-bond acceptors (Lipinski definition) is 6. The van der Waals surface area contributed by atoms with Crippen LogP contribution in [0.25, 0.3) is 0 Å². The second kappa shape index (κ2) is 11.1. The zero-order valence-electron chi connectivity index (χ0n) is 18.1. The quantitative estimate of drug-likeness (QED) is 0.397. The number of carboxylic acid groups (broad SMARTS) is 1. The summed E-state index contributed by atoms with van der Waals surface area (Å²) in [7, 11) is 0. The van der Waals surface area contributed by atoms with Crippen molar-refractivity contribution in [2.24, 2.45) is 23.7 Å². The Hall–Kier alpha value is -1.70. The summed E-state index contributed by atoms with van der Waals surface area (Å²) >= 11 is 0. The van der Waals surface area contributed by atoms with Gasteiger partial charge < -0.3 is 25.2 Å². The third-order valence-corrected chi connectivity index (χ3v) is 6.57. The maximum Gasteiger partial charge on any atom is 0.308 e. The second-order valence-corrected chi connectivity index (χ2v) is 8.85. The van der Waals surface area contributed by atoms with E-state index in [2.05, 4.69) is 0 Å². The minimum Gasteiger partial charge on any atom is -0.481 e. The van der Waals surface area contributed by atoms with Crippen LogP contribution < -0.4 is 0 Å². The molecular weight excluding hydrogens is 388 g/mol. The monoisotopic (exact) mass is 424 g/mol. The summed E-state index contributed by atoms with van der Waals surface area (Å²) in [5.74, 6) is -1.64. The maximum absolute atomic E-state index is 12.4. The molecule has 2 aliphatic carbocycles. The maximum atomic E-state index is 12.4. The van der Waals surface area contributed by atoms with Crippen LogP contribution in [0.5, 0.6) is 0 Å². The van der Waals surface area contributed by atoms with Crippen molar-refractivity contribution in [1.82, 2.24) is 0 Å². The number of carbonyl (C=O) groups is 2. The average molecular weight is 425 g/mol. The fourth-order valence-corrected chi connectivity index (χ4v) is 4.53. The topological polar surface area (TPSA) is 124 Å². The predicted molar refractivity (Wildman–Crippen MR) is 111 cm³/mol. The Morgan fingerprint density at radius 1 is 1.27 bits per heavy atom. The summed E-state index contributed by atoms with van der Waals surface area (Å²) in [5, 5.41) is 39.3. The highest BCUT2D eigenvalue weighted by Crippen LogP contribution is 2.44. The summed E-state index contributed by atoms with van der Waals surface area (Å²) in [5.41, 5.74) is 0.958. The van der Waals surface area contributed by atoms with E-state index in [4.69, 9.17) is 9.84 Å². The molecule has 0 heterocycles. The Kier molecular flexibility index (Phi) is 9.07. The van der Waals surface area contributed by atoms with E-state index in [0.717, 1.165) is 5.57 Å². The highest BCUT2D eigenvalue weighted by molar-refractivity contribution is 5.72. The lowest BCUT2D eigenvalue weighted by molar-refractivity contribution is -0.157. The smallest absolute Gasteiger partial charge is 0.308 e. The van der Waals surface area contributed by atoms with Crippen LogP contribution >= 0.6 is 0 Å². The molecule has 7 heteroatoms. The standard InChI is InChI=1S/C23H36O7/c1-4-13(2)23(29)30-20-7-5-6-15-10-19(26)14(3)18(22(15)20)9-8-16(24)11-17(25)12-21(27)28/h5-6,10,13-14,16-20,22,24-26H,4,7-9,11-12H2,1-3H3,(H,27,28)/t13-,14-,16+,17-,18+,19-,20+,22+/m1/s1. The predicted octanol–water partition coefficient (Wildman–Crippen LogP) is 2.44. The third-order valence-electron chi connectivity index (χ3n) is 6.57. The lowest BCUT2D eigenvalue weighted by Gasteiger charge is -2.44. The molecule has 0 fully saturated rings. The molecule has 0 saturated carbocycles. The normalized spacial score (nSPS) is 31.3. The summed E-state index contributed by atoms with van der Waals surface area (Å²) in [6.45, 7) is 5.75. The Balaban J connectivity index is 2.09. The molecule has 8 atom stereocenters. The summed E-state index contributed by atoms with van der Waals surface area (Å²) in [6, 6.07) is 0. The molecule has 30 heavy (non-hydrogen) atoms. The van der Waals surface area contributed by atoms with Crippen LogP contribution in [0.3, 0.4) is 0 Å². The van der Waals surface area contributed by atoms with E-state index in [1.807, 2.05) is 39.0 Å². The van der Waals surface area contributed by atoms with Crippen molar-refractivity contribution in [3.8, 4) is 0 Å². The molecule has 0 amide bonds. The molecule has 0 bridgehead atoms. The fraction of sp³-hybridized carbons (Fsp3) is 0.739. The molecule has 0 saturated heterocycles. The van der Waals surface area contributed by atoms with Gasteiger partial charge in [-0.3, -0.25) is 9.59 Å². The lowest BCUT2D eigenvalue weighted by Crippen LogP contribution is -2.44. The Morgan fingerprint density at radius 3 is 2.60 bits per heavy atom. The van der Waals surface area contributed by atoms with E-state index in [9.17, 15) is 24.9 Å². The molecule has 0 spiro atoms. The third kappa shape index (κ3) is 6.40. The zero-order valence-corrected chi connectivity index (χ0v) is 18.1. The van der Waals surface area contributed by atoms with Crippen molar-refractivity contribution in [1.29, 1.82) is 0 Å². The zero-order chi connectivity index (χ0) is 22.4. The number of carboxylic acids is 1. The van der Waals surface area contributed by atoms with Gasteiger partial charge in [-0.25, -0.2) is 0 Å². The van der Waals surface area contributed by atoms with Crippen molar-refractivity contribution in [3.63, 3.8) is 0 Å². The van der Waals surface area contributed by atoms with Crippen LogP contribution in [0.4, 0.5) is 0 Å². The highest BCUT2D eigenvalue weighted by Gasteiger charge is 2.43. The molecule has 0 aliphatic heterocycles. The number of esters is 1. The van der Waals surface area contributed by atoms with Gasteiger partial charge in [0.25, 0.3) is 0 Å². The number of hydrogen-bond donors (Lipinski definition) is 4. The van der Waals surface area contributed by atoms with Gasteiger partial charge in [0.05, 0.1) is 30.7 Å². The van der Waals surface area contributed by atoms with Gasteiger partial charge in [0.15, 0.2) is 0 Å². The van der Waals surface area contributed by atoms with Crippen LogP contribution in [0.1, 0.15) is 59.3 Å². The molecule has 0 aromatic carbocycles.